The fourth-order valence-electron chi connectivity index (χ4n) is 2.65. The standard InChI is InChI=1S/C16H22N2O3/c1-11-3-5-14(6-4-11)12(2)17-16(21)18-8-7-13(10-18)9-15(19)20/h3-6,12-13H,7-10H2,1-2H3,(H,17,21)(H,19,20). The number of nitrogens with one attached hydrogen (secondary N) is 1. The van der Waals surface area contributed by atoms with Gasteiger partial charge in [-0.2, -0.15) is 0 Å². The first-order chi connectivity index (χ1) is 9.95. The van der Waals surface area contributed by atoms with Gasteiger partial charge in [0.05, 0.1) is 6.04 Å². The third-order valence-electron chi connectivity index (χ3n) is 3.95. The van der Waals surface area contributed by atoms with Crippen molar-refractivity contribution in [1.29, 1.82) is 0 Å². The number of carboxylic acids is 1. The second-order valence-electron chi connectivity index (χ2n) is 5.78. The lowest BCUT2D eigenvalue weighted by molar-refractivity contribution is -0.138. The summed E-state index contributed by atoms with van der Waals surface area (Å²) in [6.07, 6.45) is 0.899. The topological polar surface area (TPSA) is 69.6 Å². The van der Waals surface area contributed by atoms with E-state index in [9.17, 15) is 9.59 Å². The van der Waals surface area contributed by atoms with Crippen LogP contribution in [-0.4, -0.2) is 35.1 Å². The zero-order valence-electron chi connectivity index (χ0n) is 12.5. The Balaban J connectivity index is 1.87. The molecule has 1 aromatic rings. The molecule has 2 amide bonds. The van der Waals surface area contributed by atoms with Crippen molar-refractivity contribution in [3.05, 3.63) is 35.4 Å². The van der Waals surface area contributed by atoms with E-state index >= 15 is 0 Å². The molecule has 1 aliphatic heterocycles. The highest BCUT2D eigenvalue weighted by molar-refractivity contribution is 5.75. The SMILES string of the molecule is Cc1ccc(C(C)NC(=O)N2CCC(CC(=O)O)C2)cc1. The summed E-state index contributed by atoms with van der Waals surface area (Å²) in [5.41, 5.74) is 2.25. The van der Waals surface area contributed by atoms with Crippen LogP contribution < -0.4 is 5.32 Å². The number of likely N-dealkylation sites (tertiary alicyclic amines) is 1. The van der Waals surface area contributed by atoms with Gasteiger partial charge in [0.2, 0.25) is 0 Å². The molecule has 2 unspecified atom stereocenters. The Morgan fingerprint density at radius 1 is 1.38 bits per heavy atom. The highest BCUT2D eigenvalue weighted by Gasteiger charge is 2.28. The summed E-state index contributed by atoms with van der Waals surface area (Å²) in [6, 6.07) is 7.90. The first-order valence-corrected chi connectivity index (χ1v) is 7.29. The fraction of sp³-hybridized carbons (Fsp3) is 0.500. The molecule has 0 spiro atoms. The van der Waals surface area contributed by atoms with Crippen LogP contribution >= 0.6 is 0 Å². The van der Waals surface area contributed by atoms with E-state index in [1.54, 1.807) is 4.90 Å². The predicted molar refractivity (Wildman–Crippen MR) is 80.1 cm³/mol. The Kier molecular flexibility index (Phi) is 4.83. The quantitative estimate of drug-likeness (QED) is 0.895. The van der Waals surface area contributed by atoms with Gasteiger partial charge < -0.3 is 15.3 Å². The molecule has 0 bridgehead atoms. The summed E-state index contributed by atoms with van der Waals surface area (Å²) in [5, 5.41) is 11.8. The van der Waals surface area contributed by atoms with Crippen molar-refractivity contribution in [1.82, 2.24) is 10.2 Å². The van der Waals surface area contributed by atoms with Gasteiger partial charge in [0, 0.05) is 19.5 Å². The summed E-state index contributed by atoms with van der Waals surface area (Å²) in [7, 11) is 0. The minimum atomic E-state index is -0.796. The molecule has 1 saturated heterocycles. The number of hydrogen-bond donors (Lipinski definition) is 2. The van der Waals surface area contributed by atoms with Crippen molar-refractivity contribution in [2.24, 2.45) is 5.92 Å². The zero-order valence-corrected chi connectivity index (χ0v) is 12.5. The molecule has 1 aromatic carbocycles. The van der Waals surface area contributed by atoms with Crippen LogP contribution in [0, 0.1) is 12.8 Å². The number of urea groups is 1. The third-order valence-corrected chi connectivity index (χ3v) is 3.95. The van der Waals surface area contributed by atoms with Crippen molar-refractivity contribution in [2.45, 2.75) is 32.7 Å². The molecule has 0 radical (unpaired) electrons. The maximum atomic E-state index is 12.2. The first-order valence-electron chi connectivity index (χ1n) is 7.29. The fourth-order valence-corrected chi connectivity index (χ4v) is 2.65. The molecular weight excluding hydrogens is 268 g/mol. The van der Waals surface area contributed by atoms with Crippen LogP contribution in [0.1, 0.15) is 36.9 Å². The van der Waals surface area contributed by atoms with Crippen molar-refractivity contribution in [3.63, 3.8) is 0 Å². The number of aryl methyl sites for hydroxylation is 1. The number of hydrogen-bond acceptors (Lipinski definition) is 2. The molecule has 0 saturated carbocycles. The Morgan fingerprint density at radius 3 is 2.67 bits per heavy atom. The van der Waals surface area contributed by atoms with Crippen molar-refractivity contribution in [3.8, 4) is 0 Å². The molecule has 1 heterocycles. The van der Waals surface area contributed by atoms with Gasteiger partial charge in [-0.3, -0.25) is 4.79 Å². The molecule has 5 nitrogen and oxygen atoms in total. The van der Waals surface area contributed by atoms with Crippen LogP contribution in [0.4, 0.5) is 4.79 Å². The van der Waals surface area contributed by atoms with E-state index in [2.05, 4.69) is 5.32 Å². The lowest BCUT2D eigenvalue weighted by Gasteiger charge is -2.21. The molecule has 5 heteroatoms. The first kappa shape index (κ1) is 15.4. The molecule has 21 heavy (non-hydrogen) atoms. The van der Waals surface area contributed by atoms with Crippen molar-refractivity contribution < 1.29 is 14.7 Å². The number of amides is 2. The van der Waals surface area contributed by atoms with Gasteiger partial charge in [0.15, 0.2) is 0 Å². The van der Waals surface area contributed by atoms with Gasteiger partial charge in [-0.05, 0) is 31.7 Å². The Labute approximate surface area is 125 Å². The zero-order chi connectivity index (χ0) is 15.4. The number of carbonyl (C=O) groups excluding carboxylic acids is 1. The average Bonchev–Trinajstić information content (AvgIpc) is 2.87. The van der Waals surface area contributed by atoms with Crippen LogP contribution in [0.2, 0.25) is 0 Å². The van der Waals surface area contributed by atoms with E-state index in [-0.39, 0.29) is 24.4 Å². The van der Waals surface area contributed by atoms with Crippen LogP contribution in [0.15, 0.2) is 24.3 Å². The molecular formula is C16H22N2O3. The molecule has 2 N–H and O–H groups in total. The minimum Gasteiger partial charge on any atom is -0.481 e. The van der Waals surface area contributed by atoms with Gasteiger partial charge in [0.1, 0.15) is 0 Å². The lowest BCUT2D eigenvalue weighted by atomic mass is 10.1. The van der Waals surface area contributed by atoms with Crippen LogP contribution in [-0.2, 0) is 4.79 Å². The van der Waals surface area contributed by atoms with E-state index in [1.807, 2.05) is 38.1 Å². The van der Waals surface area contributed by atoms with E-state index in [0.717, 1.165) is 12.0 Å². The highest BCUT2D eigenvalue weighted by Crippen LogP contribution is 2.20. The summed E-state index contributed by atoms with van der Waals surface area (Å²) < 4.78 is 0. The second kappa shape index (κ2) is 6.61. The Hall–Kier alpha value is -2.04. The predicted octanol–water partition coefficient (Wildman–Crippen LogP) is 2.56. The third kappa shape index (κ3) is 4.21. The van der Waals surface area contributed by atoms with Gasteiger partial charge in [-0.15, -0.1) is 0 Å². The normalized spacial score (nSPS) is 19.3. The molecule has 0 aliphatic carbocycles. The molecule has 2 rings (SSSR count). The van der Waals surface area contributed by atoms with E-state index < -0.39 is 5.97 Å². The summed E-state index contributed by atoms with van der Waals surface area (Å²) in [4.78, 5) is 24.6. The van der Waals surface area contributed by atoms with Gasteiger partial charge in [-0.1, -0.05) is 29.8 Å². The van der Waals surface area contributed by atoms with E-state index in [4.69, 9.17) is 5.11 Å². The van der Waals surface area contributed by atoms with Crippen LogP contribution in [0.25, 0.3) is 0 Å². The monoisotopic (exact) mass is 290 g/mol. The molecule has 0 aromatic heterocycles. The maximum Gasteiger partial charge on any atom is 0.317 e. The van der Waals surface area contributed by atoms with Crippen LogP contribution in [0.3, 0.4) is 0 Å². The number of carboxylic acid groups (broad SMARTS) is 1. The number of carbonyl (C=O) groups is 2. The van der Waals surface area contributed by atoms with E-state index in [1.165, 1.54) is 5.56 Å². The maximum absolute atomic E-state index is 12.2. The average molecular weight is 290 g/mol. The number of benzene rings is 1. The van der Waals surface area contributed by atoms with Crippen molar-refractivity contribution in [2.75, 3.05) is 13.1 Å². The minimum absolute atomic E-state index is 0.0587. The van der Waals surface area contributed by atoms with Crippen molar-refractivity contribution >= 4 is 12.0 Å². The second-order valence-corrected chi connectivity index (χ2v) is 5.78. The summed E-state index contributed by atoms with van der Waals surface area (Å²) >= 11 is 0. The van der Waals surface area contributed by atoms with Crippen LogP contribution in [0.5, 0.6) is 0 Å². The molecule has 1 aliphatic rings. The smallest absolute Gasteiger partial charge is 0.317 e. The van der Waals surface area contributed by atoms with E-state index in [0.29, 0.717) is 13.1 Å². The van der Waals surface area contributed by atoms with Gasteiger partial charge in [-0.25, -0.2) is 4.79 Å². The Bertz CT molecular complexity index is 513. The van der Waals surface area contributed by atoms with Gasteiger partial charge >= 0.3 is 12.0 Å². The lowest BCUT2D eigenvalue weighted by Crippen LogP contribution is -2.39. The summed E-state index contributed by atoms with van der Waals surface area (Å²) in [6.45, 7) is 5.14. The number of nitrogens with zero attached hydrogens (tertiary/aromatic N) is 1. The Morgan fingerprint density at radius 2 is 2.05 bits per heavy atom. The van der Waals surface area contributed by atoms with Gasteiger partial charge in [0.25, 0.3) is 0 Å². The number of aliphatic carboxylic acids is 1. The summed E-state index contributed by atoms with van der Waals surface area (Å²) in [5.74, 6) is -0.724. The molecule has 2 atom stereocenters. The highest BCUT2D eigenvalue weighted by atomic mass is 16.4. The molecule has 1 fully saturated rings. The number of rotatable bonds is 4. The molecule has 114 valence electrons. The largest absolute Gasteiger partial charge is 0.481 e.